The van der Waals surface area contributed by atoms with Crippen molar-refractivity contribution in [3.05, 3.63) is 42.0 Å². The van der Waals surface area contributed by atoms with E-state index in [9.17, 15) is 0 Å². The number of nitrogens with one attached hydrogen (secondary N) is 1. The summed E-state index contributed by atoms with van der Waals surface area (Å²) in [4.78, 5) is 2.37. The van der Waals surface area contributed by atoms with E-state index in [4.69, 9.17) is 5.21 Å². The van der Waals surface area contributed by atoms with Gasteiger partial charge in [0, 0.05) is 21.9 Å². The van der Waals surface area contributed by atoms with Crippen LogP contribution < -0.4 is 10.8 Å². The van der Waals surface area contributed by atoms with Crippen LogP contribution in [0.4, 0.5) is 17.1 Å². The minimum atomic E-state index is 0.828. The number of aryl methyl sites for hydroxylation is 1. The molecule has 0 radical (unpaired) electrons. The molecule has 0 aliphatic carbocycles. The van der Waals surface area contributed by atoms with Crippen molar-refractivity contribution in [2.24, 2.45) is 0 Å². The molecule has 3 nitrogen and oxygen atoms in total. The molecule has 0 atom stereocenters. The maximum absolute atomic E-state index is 9.02. The molecule has 1 aliphatic heterocycles. The van der Waals surface area contributed by atoms with Gasteiger partial charge in [-0.2, -0.15) is 5.48 Å². The smallest absolute Gasteiger partial charge is 0.163 e. The molecule has 3 rings (SSSR count). The van der Waals surface area contributed by atoms with Crippen LogP contribution in [-0.2, 0) is 0 Å². The van der Waals surface area contributed by atoms with Crippen LogP contribution in [0.1, 0.15) is 5.56 Å². The third-order valence-electron chi connectivity index (χ3n) is 2.78. The largest absolute Gasteiger partial charge is 0.354 e. The van der Waals surface area contributed by atoms with Crippen molar-refractivity contribution in [1.82, 2.24) is 0 Å². The molecule has 4 N–H and O–H groups in total. The lowest BCUT2D eigenvalue weighted by molar-refractivity contribution is -0.825. The lowest BCUT2D eigenvalue weighted by atomic mass is 10.2. The molecule has 4 heteroatoms. The molecule has 2 aromatic rings. The summed E-state index contributed by atoms with van der Waals surface area (Å²) in [7, 11) is 0. The summed E-state index contributed by atoms with van der Waals surface area (Å²) in [5, 5.41) is 12.4. The summed E-state index contributed by atoms with van der Waals surface area (Å²) in [5.74, 6) is 0. The second-order valence-electron chi connectivity index (χ2n) is 4.11. The van der Waals surface area contributed by atoms with Crippen LogP contribution in [0.2, 0.25) is 0 Å². The van der Waals surface area contributed by atoms with Crippen molar-refractivity contribution in [3.8, 4) is 0 Å². The minimum absolute atomic E-state index is 0.828. The Morgan fingerprint density at radius 2 is 1.76 bits per heavy atom. The standard InChI is InChI=1S/C13H12N2OS/c1-8-2-4-10-12(6-8)17-13-7-9(15-16)3-5-11(13)14-10/h2-7,14-16H,1H3/p+1. The van der Waals surface area contributed by atoms with E-state index in [1.807, 2.05) is 18.2 Å². The SMILES string of the molecule is Cc1ccc2c(c1)Sc1cc([NH2+]O)ccc1N2. The molecule has 0 bridgehead atoms. The molecule has 0 fully saturated rings. The quantitative estimate of drug-likeness (QED) is 0.456. The number of quaternary nitrogens is 1. The summed E-state index contributed by atoms with van der Waals surface area (Å²) >= 11 is 1.73. The van der Waals surface area contributed by atoms with Gasteiger partial charge in [0.2, 0.25) is 0 Å². The topological polar surface area (TPSA) is 48.9 Å². The summed E-state index contributed by atoms with van der Waals surface area (Å²) in [6.45, 7) is 2.09. The van der Waals surface area contributed by atoms with Crippen LogP contribution >= 0.6 is 11.8 Å². The first-order valence-corrected chi connectivity index (χ1v) is 6.25. The van der Waals surface area contributed by atoms with Gasteiger partial charge in [-0.3, -0.25) is 0 Å². The van der Waals surface area contributed by atoms with Gasteiger partial charge in [-0.25, -0.2) is 5.21 Å². The molecule has 0 unspecified atom stereocenters. The Morgan fingerprint density at radius 1 is 1.06 bits per heavy atom. The molecule has 0 saturated heterocycles. The minimum Gasteiger partial charge on any atom is -0.354 e. The molecule has 17 heavy (non-hydrogen) atoms. The molecule has 86 valence electrons. The van der Waals surface area contributed by atoms with Crippen LogP contribution in [0, 0.1) is 6.92 Å². The Labute approximate surface area is 104 Å². The molecule has 0 aromatic heterocycles. The lowest BCUT2D eigenvalue weighted by Gasteiger charge is -2.20. The van der Waals surface area contributed by atoms with Crippen LogP contribution in [0.25, 0.3) is 0 Å². The Hall–Kier alpha value is -1.49. The molecular weight excluding hydrogens is 232 g/mol. The summed E-state index contributed by atoms with van der Waals surface area (Å²) in [5.41, 5.74) is 5.46. The second kappa shape index (κ2) is 4.07. The molecular formula is C13H13N2OS+. The van der Waals surface area contributed by atoms with Crippen molar-refractivity contribution >= 4 is 28.8 Å². The van der Waals surface area contributed by atoms with E-state index in [1.54, 1.807) is 11.8 Å². The molecule has 0 saturated carbocycles. The summed E-state index contributed by atoms with van der Waals surface area (Å²) < 4.78 is 0. The number of benzene rings is 2. The van der Waals surface area contributed by atoms with Gasteiger partial charge in [-0.1, -0.05) is 17.8 Å². The van der Waals surface area contributed by atoms with Gasteiger partial charge in [-0.15, -0.1) is 0 Å². The third-order valence-corrected chi connectivity index (χ3v) is 3.90. The maximum Gasteiger partial charge on any atom is 0.163 e. The lowest BCUT2D eigenvalue weighted by Crippen LogP contribution is -2.73. The van der Waals surface area contributed by atoms with E-state index in [0.717, 1.165) is 27.4 Å². The highest BCUT2D eigenvalue weighted by atomic mass is 32.2. The van der Waals surface area contributed by atoms with Crippen LogP contribution in [0.15, 0.2) is 46.2 Å². The zero-order valence-electron chi connectivity index (χ0n) is 9.40. The van der Waals surface area contributed by atoms with Gasteiger partial charge in [0.15, 0.2) is 5.69 Å². The first-order valence-electron chi connectivity index (χ1n) is 5.43. The fourth-order valence-electron chi connectivity index (χ4n) is 1.89. The van der Waals surface area contributed by atoms with E-state index in [1.165, 1.54) is 10.5 Å². The van der Waals surface area contributed by atoms with Crippen LogP contribution in [0.3, 0.4) is 0 Å². The third kappa shape index (κ3) is 1.91. The van der Waals surface area contributed by atoms with Crippen LogP contribution in [-0.4, -0.2) is 5.21 Å². The first kappa shape index (κ1) is 10.7. The summed E-state index contributed by atoms with van der Waals surface area (Å²) in [6, 6.07) is 12.3. The average Bonchev–Trinajstić information content (AvgIpc) is 2.35. The van der Waals surface area contributed by atoms with Crippen molar-refractivity contribution in [3.63, 3.8) is 0 Å². The Balaban J connectivity index is 2.05. The highest BCUT2D eigenvalue weighted by molar-refractivity contribution is 7.99. The molecule has 0 spiro atoms. The number of rotatable bonds is 1. The number of hydrogen-bond acceptors (Lipinski definition) is 3. The monoisotopic (exact) mass is 245 g/mol. The van der Waals surface area contributed by atoms with Gasteiger partial charge in [-0.05, 0) is 30.7 Å². The molecule has 0 amide bonds. The van der Waals surface area contributed by atoms with Gasteiger partial charge >= 0.3 is 0 Å². The molecule has 1 aliphatic rings. The van der Waals surface area contributed by atoms with E-state index in [0.29, 0.717) is 0 Å². The van der Waals surface area contributed by atoms with Gasteiger partial charge in [0.1, 0.15) is 0 Å². The average molecular weight is 245 g/mol. The van der Waals surface area contributed by atoms with Crippen LogP contribution in [0.5, 0.6) is 0 Å². The van der Waals surface area contributed by atoms with Gasteiger partial charge in [0.25, 0.3) is 0 Å². The first-order chi connectivity index (χ1) is 8.26. The summed E-state index contributed by atoms with van der Waals surface area (Å²) in [6.07, 6.45) is 0. The van der Waals surface area contributed by atoms with Gasteiger partial charge in [0.05, 0.1) is 11.4 Å². The van der Waals surface area contributed by atoms with E-state index >= 15 is 0 Å². The van der Waals surface area contributed by atoms with Crippen molar-refractivity contribution in [2.45, 2.75) is 16.7 Å². The second-order valence-corrected chi connectivity index (χ2v) is 5.20. The van der Waals surface area contributed by atoms with Crippen molar-refractivity contribution < 1.29 is 10.7 Å². The number of hydrogen-bond donors (Lipinski definition) is 3. The zero-order chi connectivity index (χ0) is 11.8. The Bertz CT molecular complexity index is 584. The predicted molar refractivity (Wildman–Crippen MR) is 68.4 cm³/mol. The number of anilines is 2. The van der Waals surface area contributed by atoms with E-state index in [-0.39, 0.29) is 0 Å². The predicted octanol–water partition coefficient (Wildman–Crippen LogP) is 2.79. The number of fused-ring (bicyclic) bond motifs is 2. The number of nitrogens with two attached hydrogens (primary N) is 1. The van der Waals surface area contributed by atoms with Crippen molar-refractivity contribution in [2.75, 3.05) is 5.32 Å². The van der Waals surface area contributed by atoms with E-state index in [2.05, 4.69) is 30.4 Å². The Kier molecular flexibility index (Phi) is 2.55. The fraction of sp³-hybridized carbons (Fsp3) is 0.0769. The molecule has 2 aromatic carbocycles. The van der Waals surface area contributed by atoms with Gasteiger partial charge < -0.3 is 5.32 Å². The van der Waals surface area contributed by atoms with Crippen molar-refractivity contribution in [1.29, 1.82) is 0 Å². The molecule has 1 heterocycles. The highest BCUT2D eigenvalue weighted by Gasteiger charge is 2.16. The highest BCUT2D eigenvalue weighted by Crippen LogP contribution is 2.44. The maximum atomic E-state index is 9.02. The normalized spacial score (nSPS) is 12.6. The fourth-order valence-corrected chi connectivity index (χ4v) is 3.02. The van der Waals surface area contributed by atoms with E-state index < -0.39 is 0 Å². The Morgan fingerprint density at radius 3 is 2.53 bits per heavy atom. The zero-order valence-corrected chi connectivity index (χ0v) is 10.2.